The second-order valence-corrected chi connectivity index (χ2v) is 9.99. The van der Waals surface area contributed by atoms with E-state index in [1.165, 1.54) is 19.2 Å². The van der Waals surface area contributed by atoms with Crippen molar-refractivity contribution in [3.8, 4) is 17.1 Å². The van der Waals surface area contributed by atoms with Crippen molar-refractivity contribution in [2.75, 3.05) is 44.7 Å². The van der Waals surface area contributed by atoms with Crippen LogP contribution in [-0.4, -0.2) is 79.2 Å². The number of carbonyl (C=O) groups excluding carboxylic acids is 2. The molecular formula is C24H23N5O5S. The van der Waals surface area contributed by atoms with Crippen molar-refractivity contribution in [3.63, 3.8) is 0 Å². The quantitative estimate of drug-likeness (QED) is 0.527. The minimum absolute atomic E-state index is 0.0539. The molecule has 1 aromatic heterocycles. The van der Waals surface area contributed by atoms with Gasteiger partial charge in [0.15, 0.2) is 0 Å². The van der Waals surface area contributed by atoms with Gasteiger partial charge in [0.25, 0.3) is 15.9 Å². The number of fused-ring (bicyclic) bond motifs is 1. The molecule has 10 nitrogen and oxygen atoms in total. The van der Waals surface area contributed by atoms with E-state index in [0.717, 1.165) is 16.8 Å². The molecule has 0 aliphatic carbocycles. The summed E-state index contributed by atoms with van der Waals surface area (Å²) in [5.74, 6) is -1.06. The molecular weight excluding hydrogens is 470 g/mol. The summed E-state index contributed by atoms with van der Waals surface area (Å²) in [7, 11) is -2.51. The standard InChI is InChI=1S/C24H23N5O5S/c1-34-24-25-14-17(15-26-24)18-6-2-4-8-20(18)27-10-12-28(13-11-27)22(30)16-29-23(31)19-7-3-5-9-21(19)35(29,32)33/h2-9,14-15H,10-13,16H2,1H3. The van der Waals surface area contributed by atoms with Crippen LogP contribution < -0.4 is 9.64 Å². The molecule has 0 unspecified atom stereocenters. The Hall–Kier alpha value is -3.99. The smallest absolute Gasteiger partial charge is 0.316 e. The lowest BCUT2D eigenvalue weighted by molar-refractivity contribution is -0.131. The molecule has 11 heteroatoms. The zero-order valence-corrected chi connectivity index (χ0v) is 19.8. The molecule has 2 aliphatic rings. The molecule has 0 bridgehead atoms. The molecule has 1 fully saturated rings. The number of aromatic nitrogens is 2. The van der Waals surface area contributed by atoms with E-state index < -0.39 is 28.4 Å². The number of carbonyl (C=O) groups is 2. The van der Waals surface area contributed by atoms with Crippen molar-refractivity contribution < 1.29 is 22.7 Å². The largest absolute Gasteiger partial charge is 0.467 e. The first-order chi connectivity index (χ1) is 16.9. The number of methoxy groups -OCH3 is 1. The highest BCUT2D eigenvalue weighted by molar-refractivity contribution is 7.90. The van der Waals surface area contributed by atoms with Crippen LogP contribution in [0.4, 0.5) is 5.69 Å². The van der Waals surface area contributed by atoms with Gasteiger partial charge in [-0.1, -0.05) is 30.3 Å². The van der Waals surface area contributed by atoms with Gasteiger partial charge < -0.3 is 14.5 Å². The topological polar surface area (TPSA) is 113 Å². The van der Waals surface area contributed by atoms with Crippen LogP contribution in [0.3, 0.4) is 0 Å². The molecule has 0 saturated carbocycles. The lowest BCUT2D eigenvalue weighted by atomic mass is 10.1. The van der Waals surface area contributed by atoms with Crippen LogP contribution >= 0.6 is 0 Å². The number of anilines is 1. The summed E-state index contributed by atoms with van der Waals surface area (Å²) < 4.78 is 31.3. The third-order valence-electron chi connectivity index (χ3n) is 6.19. The van der Waals surface area contributed by atoms with Crippen molar-refractivity contribution in [2.45, 2.75) is 4.90 Å². The molecule has 2 aliphatic heterocycles. The van der Waals surface area contributed by atoms with E-state index >= 15 is 0 Å². The number of amides is 2. The molecule has 2 amide bonds. The Morgan fingerprint density at radius 2 is 1.57 bits per heavy atom. The van der Waals surface area contributed by atoms with E-state index in [9.17, 15) is 18.0 Å². The van der Waals surface area contributed by atoms with E-state index in [1.54, 1.807) is 29.4 Å². The van der Waals surface area contributed by atoms with Crippen LogP contribution in [-0.2, 0) is 14.8 Å². The number of piperazine rings is 1. The van der Waals surface area contributed by atoms with Gasteiger partial charge in [0.05, 0.1) is 12.7 Å². The molecule has 0 N–H and O–H groups in total. The van der Waals surface area contributed by atoms with Crippen LogP contribution in [0, 0.1) is 0 Å². The van der Waals surface area contributed by atoms with E-state index in [-0.39, 0.29) is 10.5 Å². The molecule has 180 valence electrons. The maximum Gasteiger partial charge on any atom is 0.316 e. The minimum atomic E-state index is -4.02. The summed E-state index contributed by atoms with van der Waals surface area (Å²) >= 11 is 0. The van der Waals surface area contributed by atoms with Gasteiger partial charge in [0.1, 0.15) is 11.4 Å². The minimum Gasteiger partial charge on any atom is -0.467 e. The maximum atomic E-state index is 13.0. The second-order valence-electron chi connectivity index (χ2n) is 8.16. The lowest BCUT2D eigenvalue weighted by Crippen LogP contribution is -2.52. The Labute approximate surface area is 202 Å². The highest BCUT2D eigenvalue weighted by atomic mass is 32.2. The number of ether oxygens (including phenoxy) is 1. The van der Waals surface area contributed by atoms with Crippen LogP contribution in [0.15, 0.2) is 65.8 Å². The van der Waals surface area contributed by atoms with Crippen LogP contribution in [0.25, 0.3) is 11.1 Å². The number of benzene rings is 2. The van der Waals surface area contributed by atoms with Crippen molar-refractivity contribution in [1.82, 2.24) is 19.2 Å². The van der Waals surface area contributed by atoms with E-state index in [2.05, 4.69) is 14.9 Å². The Morgan fingerprint density at radius 1 is 0.943 bits per heavy atom. The van der Waals surface area contributed by atoms with Crippen molar-refractivity contribution in [3.05, 3.63) is 66.5 Å². The molecule has 35 heavy (non-hydrogen) atoms. The molecule has 5 rings (SSSR count). The SMILES string of the molecule is COc1ncc(-c2ccccc2N2CCN(C(=O)CN3C(=O)c4ccccc4S3(=O)=O)CC2)cn1. The maximum absolute atomic E-state index is 13.0. The van der Waals surface area contributed by atoms with Crippen molar-refractivity contribution in [1.29, 1.82) is 0 Å². The average Bonchev–Trinajstić information content (AvgIpc) is 3.09. The summed E-state index contributed by atoms with van der Waals surface area (Å²) in [6.45, 7) is 1.42. The first kappa shape index (κ1) is 22.8. The van der Waals surface area contributed by atoms with Gasteiger partial charge in [-0.25, -0.2) is 22.7 Å². The molecule has 0 spiro atoms. The predicted molar refractivity (Wildman–Crippen MR) is 127 cm³/mol. The zero-order valence-electron chi connectivity index (χ0n) is 19.0. The van der Waals surface area contributed by atoms with Gasteiger partial charge in [0.2, 0.25) is 5.91 Å². The molecule has 2 aromatic carbocycles. The summed E-state index contributed by atoms with van der Waals surface area (Å²) in [5.41, 5.74) is 2.89. The first-order valence-corrected chi connectivity index (χ1v) is 12.5. The number of para-hydroxylation sites is 1. The normalized spacial score (nSPS) is 16.8. The zero-order chi connectivity index (χ0) is 24.6. The Morgan fingerprint density at radius 3 is 2.23 bits per heavy atom. The van der Waals surface area contributed by atoms with E-state index in [0.29, 0.717) is 36.5 Å². The third-order valence-corrected chi connectivity index (χ3v) is 7.98. The van der Waals surface area contributed by atoms with Gasteiger partial charge in [-0.2, -0.15) is 0 Å². The molecule has 3 aromatic rings. The molecule has 3 heterocycles. The molecule has 0 atom stereocenters. The van der Waals surface area contributed by atoms with Gasteiger partial charge in [0, 0.05) is 55.4 Å². The van der Waals surface area contributed by atoms with Crippen LogP contribution in [0.2, 0.25) is 0 Å². The summed E-state index contributed by atoms with van der Waals surface area (Å²) in [6, 6.07) is 14.2. The van der Waals surface area contributed by atoms with Crippen LogP contribution in [0.5, 0.6) is 6.01 Å². The number of hydrogen-bond acceptors (Lipinski definition) is 8. The predicted octanol–water partition coefficient (Wildman–Crippen LogP) is 1.65. The number of nitrogens with zero attached hydrogens (tertiary/aromatic N) is 5. The second kappa shape index (κ2) is 8.99. The lowest BCUT2D eigenvalue weighted by Gasteiger charge is -2.37. The van der Waals surface area contributed by atoms with Gasteiger partial charge >= 0.3 is 6.01 Å². The monoisotopic (exact) mass is 493 g/mol. The highest BCUT2D eigenvalue weighted by Crippen LogP contribution is 2.32. The number of sulfonamides is 1. The number of rotatable bonds is 5. The van der Waals surface area contributed by atoms with E-state index in [4.69, 9.17) is 4.74 Å². The fraction of sp³-hybridized carbons (Fsp3) is 0.250. The fourth-order valence-electron chi connectivity index (χ4n) is 4.36. The first-order valence-electron chi connectivity index (χ1n) is 11.0. The summed E-state index contributed by atoms with van der Waals surface area (Å²) in [5, 5.41) is 0. The molecule has 1 saturated heterocycles. The fourth-order valence-corrected chi connectivity index (χ4v) is 5.88. The Bertz CT molecular complexity index is 1390. The summed E-state index contributed by atoms with van der Waals surface area (Å²) in [6.07, 6.45) is 3.41. The summed E-state index contributed by atoms with van der Waals surface area (Å²) in [4.78, 5) is 37.7. The van der Waals surface area contributed by atoms with Crippen molar-refractivity contribution in [2.24, 2.45) is 0 Å². The van der Waals surface area contributed by atoms with E-state index in [1.807, 2.05) is 24.3 Å². The Balaban J connectivity index is 1.27. The van der Waals surface area contributed by atoms with Crippen LogP contribution in [0.1, 0.15) is 10.4 Å². The Kier molecular flexibility index (Phi) is 5.85. The van der Waals surface area contributed by atoms with Crippen molar-refractivity contribution >= 4 is 27.5 Å². The third kappa shape index (κ3) is 4.08. The highest BCUT2D eigenvalue weighted by Gasteiger charge is 2.42. The molecule has 0 radical (unpaired) electrons. The number of hydrogen-bond donors (Lipinski definition) is 0. The van der Waals surface area contributed by atoms with Gasteiger partial charge in [-0.05, 0) is 18.2 Å². The average molecular weight is 494 g/mol. The van der Waals surface area contributed by atoms with Gasteiger partial charge in [-0.15, -0.1) is 0 Å². The van der Waals surface area contributed by atoms with Gasteiger partial charge in [-0.3, -0.25) is 9.59 Å².